The molecule has 0 aliphatic rings. The molecule has 2 heterocycles. The van der Waals surface area contributed by atoms with Crippen LogP contribution in [0.3, 0.4) is 0 Å². The van der Waals surface area contributed by atoms with Gasteiger partial charge in [0.2, 0.25) is 5.95 Å². The molecule has 0 spiro atoms. The molecule has 2 aromatic heterocycles. The molecule has 5 rings (SSSR count). The molecule has 0 unspecified atom stereocenters. The van der Waals surface area contributed by atoms with Crippen molar-refractivity contribution in [1.82, 2.24) is 19.7 Å². The smallest absolute Gasteiger partial charge is 0.413 e. The maximum Gasteiger partial charge on any atom is 0.413 e. The third kappa shape index (κ3) is 8.25. The van der Waals surface area contributed by atoms with E-state index in [-0.39, 0.29) is 23.6 Å². The Hall–Kier alpha value is -4.77. The Morgan fingerprint density at radius 2 is 1.67 bits per heavy atom. The minimum Gasteiger partial charge on any atom is -0.496 e. The number of rotatable bonds is 14. The Balaban J connectivity index is 1.53. The molecule has 0 bridgehead atoms. The van der Waals surface area contributed by atoms with E-state index >= 15 is 0 Å². The number of benzene rings is 3. The molecule has 1 amide bonds. The zero-order valence-corrected chi connectivity index (χ0v) is 32.5. The van der Waals surface area contributed by atoms with Crippen LogP contribution in [-0.2, 0) is 15.7 Å². The van der Waals surface area contributed by atoms with Crippen LogP contribution >= 0.6 is 15.9 Å². The van der Waals surface area contributed by atoms with Crippen LogP contribution in [0.25, 0.3) is 11.0 Å². The Kier molecular flexibility index (Phi) is 12.1. The standard InChI is InChI=1S/C38H44BrN7O4Si/c1-7-14-28(21-22-50-51(38(2,3)4,29-15-10-8-11-16-29)30-17-12-9-13-18-30)41-35-33-32(42-36(43-35)44-37(47)49-6)34(39)45-46(33)25-27-23-26(24-40)19-20-31(27)48-5/h8-13,15-20,23,28H,7,14,21-22,25H2,1-6H3,(H2,41,42,43,44,47)/t28-/m0/s1. The predicted octanol–water partition coefficient (Wildman–Crippen LogP) is 7.24. The van der Waals surface area contributed by atoms with Gasteiger partial charge in [0.15, 0.2) is 10.4 Å². The second kappa shape index (κ2) is 16.5. The maximum atomic E-state index is 12.2. The molecular formula is C38H44BrN7O4Si. The second-order valence-electron chi connectivity index (χ2n) is 13.2. The summed E-state index contributed by atoms with van der Waals surface area (Å²) in [5.74, 6) is 1.18. The van der Waals surface area contributed by atoms with E-state index in [2.05, 4.69) is 114 Å². The van der Waals surface area contributed by atoms with Crippen LogP contribution < -0.4 is 25.7 Å². The van der Waals surface area contributed by atoms with Gasteiger partial charge in [-0.3, -0.25) is 10.00 Å². The number of halogens is 1. The van der Waals surface area contributed by atoms with E-state index in [0.717, 1.165) is 18.4 Å². The molecule has 5 aromatic rings. The first-order valence-electron chi connectivity index (χ1n) is 16.9. The summed E-state index contributed by atoms with van der Waals surface area (Å²) in [6, 6.07) is 28.6. The molecule has 0 aliphatic carbocycles. The lowest BCUT2D eigenvalue weighted by atomic mass is 10.1. The van der Waals surface area contributed by atoms with E-state index in [9.17, 15) is 10.1 Å². The molecule has 51 heavy (non-hydrogen) atoms. The molecule has 11 nitrogen and oxygen atoms in total. The first-order chi connectivity index (χ1) is 24.5. The van der Waals surface area contributed by atoms with Crippen molar-refractivity contribution in [3.8, 4) is 11.8 Å². The highest BCUT2D eigenvalue weighted by molar-refractivity contribution is 9.10. The Morgan fingerprint density at radius 3 is 2.24 bits per heavy atom. The number of anilines is 2. The summed E-state index contributed by atoms with van der Waals surface area (Å²) in [5.41, 5.74) is 2.38. The van der Waals surface area contributed by atoms with Crippen molar-refractivity contribution < 1.29 is 18.7 Å². The van der Waals surface area contributed by atoms with Gasteiger partial charge in [0.05, 0.1) is 32.4 Å². The van der Waals surface area contributed by atoms with E-state index in [4.69, 9.17) is 24.0 Å². The molecule has 0 saturated carbocycles. The zero-order valence-electron chi connectivity index (χ0n) is 29.9. The molecule has 0 fully saturated rings. The van der Waals surface area contributed by atoms with E-state index in [1.165, 1.54) is 17.5 Å². The summed E-state index contributed by atoms with van der Waals surface area (Å²) >= 11 is 3.58. The first kappa shape index (κ1) is 37.5. The number of nitriles is 1. The van der Waals surface area contributed by atoms with Gasteiger partial charge < -0.3 is 19.2 Å². The lowest BCUT2D eigenvalue weighted by Gasteiger charge is -2.43. The van der Waals surface area contributed by atoms with Gasteiger partial charge in [-0.25, -0.2) is 9.78 Å². The highest BCUT2D eigenvalue weighted by Crippen LogP contribution is 2.37. The maximum absolute atomic E-state index is 12.2. The van der Waals surface area contributed by atoms with E-state index in [0.29, 0.717) is 45.8 Å². The number of ether oxygens (including phenoxy) is 2. The number of amides is 1. The number of methoxy groups -OCH3 is 2. The average Bonchev–Trinajstić information content (AvgIpc) is 3.44. The lowest BCUT2D eigenvalue weighted by molar-refractivity contribution is 0.186. The van der Waals surface area contributed by atoms with Gasteiger partial charge in [-0.2, -0.15) is 15.3 Å². The van der Waals surface area contributed by atoms with Crippen molar-refractivity contribution in [2.45, 2.75) is 64.6 Å². The monoisotopic (exact) mass is 769 g/mol. The highest BCUT2D eigenvalue weighted by Gasteiger charge is 2.50. The quantitative estimate of drug-likeness (QED) is 0.112. The van der Waals surface area contributed by atoms with E-state index in [1.54, 1.807) is 30.0 Å². The van der Waals surface area contributed by atoms with Crippen molar-refractivity contribution >= 4 is 63.5 Å². The highest BCUT2D eigenvalue weighted by atomic mass is 79.9. The predicted molar refractivity (Wildman–Crippen MR) is 206 cm³/mol. The van der Waals surface area contributed by atoms with Crippen LogP contribution in [0.4, 0.5) is 16.6 Å². The number of nitrogens with zero attached hydrogens (tertiary/aromatic N) is 5. The van der Waals surface area contributed by atoms with Gasteiger partial charge in [0, 0.05) is 18.2 Å². The first-order valence-corrected chi connectivity index (χ1v) is 19.6. The molecule has 0 saturated heterocycles. The summed E-state index contributed by atoms with van der Waals surface area (Å²) in [7, 11) is 0.133. The van der Waals surface area contributed by atoms with Gasteiger partial charge in [-0.15, -0.1) is 0 Å². The van der Waals surface area contributed by atoms with Gasteiger partial charge in [-0.1, -0.05) is 94.8 Å². The van der Waals surface area contributed by atoms with Crippen molar-refractivity contribution in [3.63, 3.8) is 0 Å². The van der Waals surface area contributed by atoms with Crippen LogP contribution in [-0.4, -0.2) is 61.0 Å². The fourth-order valence-corrected chi connectivity index (χ4v) is 11.6. The number of carbonyl (C=O) groups excluding carboxylic acids is 1. The number of fused-ring (bicyclic) bond motifs is 1. The summed E-state index contributed by atoms with van der Waals surface area (Å²) in [6.45, 7) is 9.75. The summed E-state index contributed by atoms with van der Waals surface area (Å²) in [5, 5.41) is 22.9. The molecular weight excluding hydrogens is 726 g/mol. The topological polar surface area (TPSA) is 136 Å². The second-order valence-corrected chi connectivity index (χ2v) is 18.3. The van der Waals surface area contributed by atoms with E-state index < -0.39 is 14.4 Å². The average molecular weight is 771 g/mol. The number of nitrogens with one attached hydrogen (secondary N) is 2. The summed E-state index contributed by atoms with van der Waals surface area (Å²) < 4.78 is 19.9. The van der Waals surface area contributed by atoms with Crippen LogP contribution in [0.5, 0.6) is 5.75 Å². The van der Waals surface area contributed by atoms with Gasteiger partial charge in [-0.05, 0) is 62.4 Å². The molecule has 0 aliphatic heterocycles. The number of hydrogen-bond donors (Lipinski definition) is 2. The number of carbonyl (C=O) groups is 1. The number of aromatic nitrogens is 4. The van der Waals surface area contributed by atoms with Crippen LogP contribution in [0.15, 0.2) is 83.5 Å². The molecule has 266 valence electrons. The Bertz CT molecular complexity index is 1960. The van der Waals surface area contributed by atoms with Crippen LogP contribution in [0.1, 0.15) is 58.1 Å². The van der Waals surface area contributed by atoms with Crippen molar-refractivity contribution in [1.29, 1.82) is 5.26 Å². The van der Waals surface area contributed by atoms with Gasteiger partial charge in [0.25, 0.3) is 8.32 Å². The minimum absolute atomic E-state index is 0.0455. The fourth-order valence-electron chi connectivity index (χ4n) is 6.54. The largest absolute Gasteiger partial charge is 0.496 e. The fraction of sp³-hybridized carbons (Fsp3) is 0.342. The summed E-state index contributed by atoms with van der Waals surface area (Å²) in [6.07, 6.45) is 1.75. The molecule has 2 N–H and O–H groups in total. The van der Waals surface area contributed by atoms with Crippen molar-refractivity contribution in [3.05, 3.63) is 94.6 Å². The zero-order chi connectivity index (χ0) is 36.6. The van der Waals surface area contributed by atoms with Crippen LogP contribution in [0.2, 0.25) is 5.04 Å². The number of hydrogen-bond acceptors (Lipinski definition) is 9. The van der Waals surface area contributed by atoms with Crippen molar-refractivity contribution in [2.24, 2.45) is 0 Å². The van der Waals surface area contributed by atoms with Crippen LogP contribution in [0, 0.1) is 11.3 Å². The van der Waals surface area contributed by atoms with Gasteiger partial charge in [0.1, 0.15) is 16.8 Å². The normalized spacial score (nSPS) is 12.3. The third-order valence-electron chi connectivity index (χ3n) is 8.85. The SMILES string of the molecule is CCC[C@@H](CCO[Si](c1ccccc1)(c1ccccc1)C(C)(C)C)Nc1nc(NC(=O)OC)nc2c(Br)nn(Cc3cc(C#N)ccc3OC)c12. The Morgan fingerprint density at radius 1 is 1.00 bits per heavy atom. The van der Waals surface area contributed by atoms with Gasteiger partial charge >= 0.3 is 6.09 Å². The molecule has 13 heteroatoms. The lowest BCUT2D eigenvalue weighted by Crippen LogP contribution is -2.66. The molecule has 1 atom stereocenters. The minimum atomic E-state index is -2.74. The summed E-state index contributed by atoms with van der Waals surface area (Å²) in [4.78, 5) is 21.6. The van der Waals surface area contributed by atoms with Crippen molar-refractivity contribution in [2.75, 3.05) is 31.5 Å². The Labute approximate surface area is 308 Å². The third-order valence-corrected chi connectivity index (χ3v) is 14.4. The molecule has 0 radical (unpaired) electrons. The molecule has 3 aromatic carbocycles. The van der Waals surface area contributed by atoms with E-state index in [1.807, 2.05) is 12.1 Å².